The lowest BCUT2D eigenvalue weighted by Crippen LogP contribution is -2.35. The van der Waals surface area contributed by atoms with Crippen LogP contribution in [0, 0.1) is 5.92 Å². The van der Waals surface area contributed by atoms with Crippen LogP contribution in [0.5, 0.6) is 0 Å². The van der Waals surface area contributed by atoms with E-state index in [9.17, 15) is 4.79 Å². The van der Waals surface area contributed by atoms with E-state index < -0.39 is 0 Å². The van der Waals surface area contributed by atoms with Crippen molar-refractivity contribution >= 4 is 17.2 Å². The zero-order valence-electron chi connectivity index (χ0n) is 12.4. The second kappa shape index (κ2) is 7.33. The normalized spacial score (nSPS) is 13.7. The Hall–Kier alpha value is -1.72. The first-order valence-corrected chi connectivity index (χ1v) is 7.95. The molecule has 21 heavy (non-hydrogen) atoms. The molecular weight excluding hydrogens is 282 g/mol. The molecule has 112 valence electrons. The molecule has 2 atom stereocenters. The highest BCUT2D eigenvalue weighted by Crippen LogP contribution is 2.19. The molecular formula is C16H21N3OS. The molecule has 0 aliphatic rings. The number of carbonyl (C=O) groups is 1. The van der Waals surface area contributed by atoms with Gasteiger partial charge in [-0.2, -0.15) is 0 Å². The lowest BCUT2D eigenvalue weighted by molar-refractivity contribution is -0.125. The molecule has 1 heterocycles. The second-order valence-electron chi connectivity index (χ2n) is 5.02. The molecule has 2 unspecified atom stereocenters. The molecule has 0 aliphatic heterocycles. The third-order valence-corrected chi connectivity index (χ3v) is 4.64. The van der Waals surface area contributed by atoms with Crippen LogP contribution >= 0.6 is 11.3 Å². The van der Waals surface area contributed by atoms with Gasteiger partial charge in [-0.3, -0.25) is 4.79 Å². The largest absolute Gasteiger partial charge is 0.349 e. The molecule has 0 saturated heterocycles. The molecule has 0 fully saturated rings. The first kappa shape index (κ1) is 15.7. The summed E-state index contributed by atoms with van der Waals surface area (Å²) in [5, 5.41) is 3.85. The predicted octanol–water partition coefficient (Wildman–Crippen LogP) is 2.66. The fourth-order valence-electron chi connectivity index (χ4n) is 2.04. The number of carbonyl (C=O) groups excluding carboxylic acids is 1. The van der Waals surface area contributed by atoms with Gasteiger partial charge in [-0.05, 0) is 12.0 Å². The van der Waals surface area contributed by atoms with Crippen LogP contribution in [0.15, 0.2) is 36.5 Å². The number of hydrogen-bond donors (Lipinski definition) is 2. The van der Waals surface area contributed by atoms with E-state index in [1.165, 1.54) is 4.88 Å². The summed E-state index contributed by atoms with van der Waals surface area (Å²) >= 11 is 1.63. The number of aryl methyl sites for hydroxylation is 1. The smallest absolute Gasteiger partial charge is 0.225 e. The van der Waals surface area contributed by atoms with Gasteiger partial charge >= 0.3 is 0 Å². The minimum Gasteiger partial charge on any atom is -0.349 e. The Labute approximate surface area is 129 Å². The van der Waals surface area contributed by atoms with Crippen molar-refractivity contribution < 1.29 is 4.79 Å². The van der Waals surface area contributed by atoms with Crippen molar-refractivity contribution in [2.45, 2.75) is 32.9 Å². The molecule has 0 spiro atoms. The number of benzene rings is 1. The lowest BCUT2D eigenvalue weighted by atomic mass is 9.95. The lowest BCUT2D eigenvalue weighted by Gasteiger charge is -2.19. The minimum atomic E-state index is -0.298. The summed E-state index contributed by atoms with van der Waals surface area (Å²) in [6.07, 6.45) is 2.84. The van der Waals surface area contributed by atoms with Crippen LogP contribution in [0.4, 0.5) is 0 Å². The van der Waals surface area contributed by atoms with Gasteiger partial charge in [0, 0.05) is 17.1 Å². The molecule has 3 N–H and O–H groups in total. The van der Waals surface area contributed by atoms with Crippen LogP contribution in [0.3, 0.4) is 0 Å². The molecule has 4 nitrogen and oxygen atoms in total. The maximum Gasteiger partial charge on any atom is 0.225 e. The van der Waals surface area contributed by atoms with Crippen molar-refractivity contribution in [3.8, 4) is 0 Å². The summed E-state index contributed by atoms with van der Waals surface area (Å²) < 4.78 is 0. The molecule has 1 amide bonds. The van der Waals surface area contributed by atoms with Crippen LogP contribution < -0.4 is 11.1 Å². The summed E-state index contributed by atoms with van der Waals surface area (Å²) in [6.45, 7) is 4.42. The fraction of sp³-hybridized carbons (Fsp3) is 0.375. The van der Waals surface area contributed by atoms with E-state index in [4.69, 9.17) is 5.73 Å². The molecule has 0 aliphatic carbocycles. The molecule has 0 radical (unpaired) electrons. The average Bonchev–Trinajstić information content (AvgIpc) is 3.00. The van der Waals surface area contributed by atoms with Crippen LogP contribution in [0.1, 0.15) is 35.3 Å². The van der Waals surface area contributed by atoms with Crippen molar-refractivity contribution in [2.75, 3.05) is 0 Å². The number of hydrogen-bond acceptors (Lipinski definition) is 4. The highest BCUT2D eigenvalue weighted by atomic mass is 32.1. The van der Waals surface area contributed by atoms with Gasteiger partial charge in [0.05, 0.1) is 12.5 Å². The molecule has 5 heteroatoms. The van der Waals surface area contributed by atoms with Crippen LogP contribution in [-0.2, 0) is 17.8 Å². The topological polar surface area (TPSA) is 68.0 Å². The molecule has 2 aromatic rings. The Morgan fingerprint density at radius 2 is 2.10 bits per heavy atom. The Bertz CT molecular complexity index is 582. The predicted molar refractivity (Wildman–Crippen MR) is 85.9 cm³/mol. The van der Waals surface area contributed by atoms with Gasteiger partial charge in [0.15, 0.2) is 0 Å². The highest BCUT2D eigenvalue weighted by molar-refractivity contribution is 7.11. The van der Waals surface area contributed by atoms with E-state index in [-0.39, 0.29) is 17.9 Å². The quantitative estimate of drug-likeness (QED) is 0.862. The second-order valence-corrected chi connectivity index (χ2v) is 6.22. The Morgan fingerprint density at radius 3 is 2.71 bits per heavy atom. The molecule has 1 aromatic heterocycles. The number of rotatable bonds is 6. The highest BCUT2D eigenvalue weighted by Gasteiger charge is 2.21. The van der Waals surface area contributed by atoms with E-state index in [0.29, 0.717) is 6.54 Å². The number of nitrogens with two attached hydrogens (primary N) is 1. The number of aromatic nitrogens is 1. The van der Waals surface area contributed by atoms with Crippen molar-refractivity contribution in [3.05, 3.63) is 52.0 Å². The van der Waals surface area contributed by atoms with Crippen LogP contribution in [0.2, 0.25) is 0 Å². The van der Waals surface area contributed by atoms with Crippen LogP contribution in [-0.4, -0.2) is 10.9 Å². The fourth-order valence-corrected chi connectivity index (χ4v) is 2.85. The third-order valence-electron chi connectivity index (χ3n) is 3.50. The summed E-state index contributed by atoms with van der Waals surface area (Å²) in [7, 11) is 0. The third kappa shape index (κ3) is 4.12. The maximum atomic E-state index is 12.2. The van der Waals surface area contributed by atoms with Gasteiger partial charge in [0.1, 0.15) is 5.01 Å². The van der Waals surface area contributed by atoms with Crippen molar-refractivity contribution in [1.29, 1.82) is 0 Å². The first-order valence-electron chi connectivity index (χ1n) is 7.13. The first-order chi connectivity index (χ1) is 10.1. The Kier molecular flexibility index (Phi) is 5.47. The number of thiazole rings is 1. The monoisotopic (exact) mass is 303 g/mol. The van der Waals surface area contributed by atoms with Gasteiger partial charge < -0.3 is 11.1 Å². The van der Waals surface area contributed by atoms with Crippen molar-refractivity contribution in [2.24, 2.45) is 11.7 Å². The number of nitrogens with one attached hydrogen (secondary N) is 1. The van der Waals surface area contributed by atoms with E-state index >= 15 is 0 Å². The number of amides is 1. The van der Waals surface area contributed by atoms with Gasteiger partial charge in [-0.25, -0.2) is 4.98 Å². The van der Waals surface area contributed by atoms with E-state index in [1.54, 1.807) is 11.3 Å². The molecule has 0 bridgehead atoms. The summed E-state index contributed by atoms with van der Waals surface area (Å²) in [6, 6.07) is 9.40. The Balaban J connectivity index is 1.90. The summed E-state index contributed by atoms with van der Waals surface area (Å²) in [5.74, 6) is -0.322. The zero-order chi connectivity index (χ0) is 15.2. The van der Waals surface area contributed by atoms with Gasteiger partial charge in [-0.15, -0.1) is 11.3 Å². The van der Waals surface area contributed by atoms with Crippen LogP contribution in [0.25, 0.3) is 0 Å². The number of nitrogens with zero attached hydrogens (tertiary/aromatic N) is 1. The average molecular weight is 303 g/mol. The SMILES string of the molecule is CCc1cnc(CNC(=O)C(C)C(N)c2ccccc2)s1. The molecule has 1 aromatic carbocycles. The van der Waals surface area contributed by atoms with Crippen molar-refractivity contribution in [3.63, 3.8) is 0 Å². The molecule has 0 saturated carbocycles. The summed E-state index contributed by atoms with van der Waals surface area (Å²) in [4.78, 5) is 17.7. The molecule has 2 rings (SSSR count). The van der Waals surface area contributed by atoms with Gasteiger partial charge in [0.25, 0.3) is 0 Å². The van der Waals surface area contributed by atoms with Gasteiger partial charge in [-0.1, -0.05) is 44.2 Å². The van der Waals surface area contributed by atoms with Crippen molar-refractivity contribution in [1.82, 2.24) is 10.3 Å². The Morgan fingerprint density at radius 1 is 1.38 bits per heavy atom. The van der Waals surface area contributed by atoms with Gasteiger partial charge in [0.2, 0.25) is 5.91 Å². The maximum absolute atomic E-state index is 12.2. The zero-order valence-corrected chi connectivity index (χ0v) is 13.2. The standard InChI is InChI=1S/C16H21N3OS/c1-3-13-9-18-14(21-13)10-19-16(20)11(2)15(17)12-7-5-4-6-8-12/h4-9,11,15H,3,10,17H2,1-2H3,(H,19,20). The van der Waals surface area contributed by atoms with E-state index in [2.05, 4.69) is 17.2 Å². The minimum absolute atomic E-state index is 0.0420. The van der Waals surface area contributed by atoms with E-state index in [0.717, 1.165) is 17.0 Å². The summed E-state index contributed by atoms with van der Waals surface area (Å²) in [5.41, 5.74) is 7.13. The van der Waals surface area contributed by atoms with E-state index in [1.807, 2.05) is 43.5 Å².